The first-order chi connectivity index (χ1) is 8.11. The van der Waals surface area contributed by atoms with E-state index in [9.17, 15) is 0 Å². The minimum absolute atomic E-state index is 0.491. The molecule has 17 heavy (non-hydrogen) atoms. The minimum atomic E-state index is 0.491. The van der Waals surface area contributed by atoms with Crippen LogP contribution in [0.3, 0.4) is 0 Å². The summed E-state index contributed by atoms with van der Waals surface area (Å²) in [6, 6.07) is 6.47. The molecule has 0 bridgehead atoms. The summed E-state index contributed by atoms with van der Waals surface area (Å²) in [6.45, 7) is 1.59. The van der Waals surface area contributed by atoms with Crippen LogP contribution in [-0.2, 0) is 6.54 Å². The summed E-state index contributed by atoms with van der Waals surface area (Å²) < 4.78 is 1.07. The van der Waals surface area contributed by atoms with Crippen LogP contribution in [0.25, 0.3) is 0 Å². The quantitative estimate of drug-likeness (QED) is 0.903. The Bertz CT molecular complexity index is 393. The Hall–Kier alpha value is -0.0900. The van der Waals surface area contributed by atoms with Gasteiger partial charge >= 0.3 is 0 Å². The summed E-state index contributed by atoms with van der Waals surface area (Å²) in [7, 11) is 2.13. The Labute approximate surface area is 116 Å². The Morgan fingerprint density at radius 1 is 1.53 bits per heavy atom. The average molecular weight is 318 g/mol. The third-order valence-corrected chi connectivity index (χ3v) is 4.26. The number of halogens is 2. The summed E-state index contributed by atoms with van der Waals surface area (Å²) in [5.41, 5.74) is 7.01. The van der Waals surface area contributed by atoms with Crippen molar-refractivity contribution in [1.82, 2.24) is 4.90 Å². The minimum Gasteiger partial charge on any atom is -0.329 e. The molecule has 2 nitrogen and oxygen atoms in total. The molecule has 0 radical (unpaired) electrons. The topological polar surface area (TPSA) is 29.3 Å². The Morgan fingerprint density at radius 3 is 2.82 bits per heavy atom. The molecular formula is C13H18BrClN2. The van der Waals surface area contributed by atoms with Crippen molar-refractivity contribution < 1.29 is 0 Å². The van der Waals surface area contributed by atoms with Crippen LogP contribution in [0.5, 0.6) is 0 Å². The molecule has 1 aliphatic rings. The van der Waals surface area contributed by atoms with Crippen molar-refractivity contribution in [3.8, 4) is 0 Å². The molecule has 0 aromatic heterocycles. The van der Waals surface area contributed by atoms with Crippen LogP contribution >= 0.6 is 27.5 Å². The van der Waals surface area contributed by atoms with Crippen LogP contribution in [-0.4, -0.2) is 24.5 Å². The van der Waals surface area contributed by atoms with Crippen molar-refractivity contribution in [3.63, 3.8) is 0 Å². The monoisotopic (exact) mass is 316 g/mol. The van der Waals surface area contributed by atoms with Crippen molar-refractivity contribution >= 4 is 27.5 Å². The standard InChI is InChI=1S/C13H18BrClN2/c1-17(13(7-16)9-2-3-9)8-10-6-11(14)4-5-12(10)15/h4-6,9,13H,2-3,7-8,16H2,1H3. The van der Waals surface area contributed by atoms with E-state index < -0.39 is 0 Å². The van der Waals surface area contributed by atoms with Gasteiger partial charge in [0.25, 0.3) is 0 Å². The van der Waals surface area contributed by atoms with E-state index in [-0.39, 0.29) is 0 Å². The third-order valence-electron chi connectivity index (χ3n) is 3.40. The lowest BCUT2D eigenvalue weighted by molar-refractivity contribution is 0.215. The highest BCUT2D eigenvalue weighted by molar-refractivity contribution is 9.10. The van der Waals surface area contributed by atoms with Gasteiger partial charge in [0.1, 0.15) is 0 Å². The second kappa shape index (κ2) is 5.70. The van der Waals surface area contributed by atoms with Gasteiger partial charge in [0.2, 0.25) is 0 Å². The molecule has 1 aromatic carbocycles. The fraction of sp³-hybridized carbons (Fsp3) is 0.538. The van der Waals surface area contributed by atoms with E-state index in [4.69, 9.17) is 17.3 Å². The number of benzene rings is 1. The van der Waals surface area contributed by atoms with Crippen molar-refractivity contribution in [2.45, 2.75) is 25.4 Å². The average Bonchev–Trinajstić information content (AvgIpc) is 3.09. The molecule has 1 aliphatic carbocycles. The molecule has 4 heteroatoms. The molecule has 0 aliphatic heterocycles. The van der Waals surface area contributed by atoms with Gasteiger partial charge in [0.05, 0.1) is 0 Å². The van der Waals surface area contributed by atoms with E-state index in [1.165, 1.54) is 12.8 Å². The van der Waals surface area contributed by atoms with Crippen molar-refractivity contribution in [2.24, 2.45) is 11.7 Å². The molecule has 94 valence electrons. The van der Waals surface area contributed by atoms with Gasteiger partial charge in [-0.3, -0.25) is 4.90 Å². The number of hydrogen-bond acceptors (Lipinski definition) is 2. The van der Waals surface area contributed by atoms with Gasteiger partial charge in [-0.1, -0.05) is 27.5 Å². The van der Waals surface area contributed by atoms with Gasteiger partial charge in [-0.05, 0) is 49.6 Å². The van der Waals surface area contributed by atoms with E-state index >= 15 is 0 Å². The predicted octanol–water partition coefficient (Wildman–Crippen LogP) is 3.27. The molecule has 0 amide bonds. The third kappa shape index (κ3) is 3.44. The van der Waals surface area contributed by atoms with Gasteiger partial charge < -0.3 is 5.73 Å². The van der Waals surface area contributed by atoms with Gasteiger partial charge in [-0.2, -0.15) is 0 Å². The highest BCUT2D eigenvalue weighted by atomic mass is 79.9. The lowest BCUT2D eigenvalue weighted by Crippen LogP contribution is -2.39. The van der Waals surface area contributed by atoms with Crippen LogP contribution in [0, 0.1) is 5.92 Å². The van der Waals surface area contributed by atoms with Gasteiger partial charge in [0.15, 0.2) is 0 Å². The first-order valence-electron chi connectivity index (χ1n) is 5.96. The Morgan fingerprint density at radius 2 is 2.24 bits per heavy atom. The number of nitrogens with zero attached hydrogens (tertiary/aromatic N) is 1. The smallest absolute Gasteiger partial charge is 0.0451 e. The molecule has 0 saturated heterocycles. The molecule has 0 heterocycles. The van der Waals surface area contributed by atoms with E-state index in [0.717, 1.165) is 34.1 Å². The zero-order valence-corrected chi connectivity index (χ0v) is 12.3. The maximum Gasteiger partial charge on any atom is 0.0451 e. The molecule has 2 N–H and O–H groups in total. The normalized spacial score (nSPS) is 17.5. The van der Waals surface area contributed by atoms with Gasteiger partial charge in [-0.15, -0.1) is 0 Å². The maximum atomic E-state index is 6.20. The predicted molar refractivity (Wildman–Crippen MR) is 76.2 cm³/mol. The second-order valence-corrected chi connectivity index (χ2v) is 6.11. The molecular weight excluding hydrogens is 300 g/mol. The van der Waals surface area contributed by atoms with Gasteiger partial charge in [-0.25, -0.2) is 0 Å². The zero-order valence-electron chi connectivity index (χ0n) is 10.00. The van der Waals surface area contributed by atoms with E-state index in [1.54, 1.807) is 0 Å². The summed E-state index contributed by atoms with van der Waals surface area (Å²) in [4.78, 5) is 2.32. The van der Waals surface area contributed by atoms with Crippen molar-refractivity contribution in [2.75, 3.05) is 13.6 Å². The molecule has 2 rings (SSSR count). The highest BCUT2D eigenvalue weighted by Crippen LogP contribution is 2.35. The van der Waals surface area contributed by atoms with Crippen LogP contribution in [0.1, 0.15) is 18.4 Å². The molecule has 1 aromatic rings. The maximum absolute atomic E-state index is 6.20. The largest absolute Gasteiger partial charge is 0.329 e. The highest BCUT2D eigenvalue weighted by Gasteiger charge is 2.32. The number of nitrogens with two attached hydrogens (primary N) is 1. The van der Waals surface area contributed by atoms with Crippen LogP contribution < -0.4 is 5.73 Å². The SMILES string of the molecule is CN(Cc1cc(Br)ccc1Cl)C(CN)C1CC1. The first-order valence-corrected chi connectivity index (χ1v) is 7.13. The molecule has 1 saturated carbocycles. The number of hydrogen-bond donors (Lipinski definition) is 1. The summed E-state index contributed by atoms with van der Waals surface area (Å²) in [5, 5.41) is 0.826. The molecule has 1 unspecified atom stereocenters. The summed E-state index contributed by atoms with van der Waals surface area (Å²) in [6.07, 6.45) is 2.64. The lowest BCUT2D eigenvalue weighted by Gasteiger charge is -2.27. The molecule has 1 fully saturated rings. The van der Waals surface area contributed by atoms with Crippen LogP contribution in [0.4, 0.5) is 0 Å². The Kier molecular flexibility index (Phi) is 4.47. The van der Waals surface area contributed by atoms with Crippen LogP contribution in [0.15, 0.2) is 22.7 Å². The Balaban J connectivity index is 2.05. The van der Waals surface area contributed by atoms with E-state index in [0.29, 0.717) is 6.04 Å². The van der Waals surface area contributed by atoms with Crippen molar-refractivity contribution in [3.05, 3.63) is 33.3 Å². The molecule has 1 atom stereocenters. The van der Waals surface area contributed by atoms with Crippen LogP contribution in [0.2, 0.25) is 5.02 Å². The first kappa shape index (κ1) is 13.3. The van der Waals surface area contributed by atoms with E-state index in [1.807, 2.05) is 12.1 Å². The number of likely N-dealkylation sites (N-methyl/N-ethyl adjacent to an activating group) is 1. The summed E-state index contributed by atoms with van der Waals surface area (Å²) in [5.74, 6) is 0.788. The fourth-order valence-corrected chi connectivity index (χ4v) is 2.85. The fourth-order valence-electron chi connectivity index (χ4n) is 2.26. The van der Waals surface area contributed by atoms with Gasteiger partial charge in [0, 0.05) is 28.6 Å². The second-order valence-electron chi connectivity index (χ2n) is 4.79. The number of rotatable bonds is 5. The summed E-state index contributed by atoms with van der Waals surface area (Å²) >= 11 is 9.68. The van der Waals surface area contributed by atoms with E-state index in [2.05, 4.69) is 33.9 Å². The zero-order chi connectivity index (χ0) is 12.4. The lowest BCUT2D eigenvalue weighted by atomic mass is 10.1. The van der Waals surface area contributed by atoms with Crippen molar-refractivity contribution in [1.29, 1.82) is 0 Å². The molecule has 0 spiro atoms.